The minimum Gasteiger partial charge on any atom is -0.478 e. The third kappa shape index (κ3) is 3.71. The fourth-order valence-electron chi connectivity index (χ4n) is 2.92. The summed E-state index contributed by atoms with van der Waals surface area (Å²) in [6.45, 7) is 2.86. The van der Waals surface area contributed by atoms with E-state index >= 15 is 0 Å². The summed E-state index contributed by atoms with van der Waals surface area (Å²) in [5.74, 6) is 0.00183. The molecular weight excluding hydrogens is 272 g/mol. The molecule has 0 aliphatic heterocycles. The molecule has 1 aromatic rings. The Labute approximate surface area is 123 Å². The van der Waals surface area contributed by atoms with Gasteiger partial charge in [-0.25, -0.2) is 4.79 Å². The zero-order valence-electron chi connectivity index (χ0n) is 12.0. The Bertz CT molecular complexity index is 544. The van der Waals surface area contributed by atoms with Crippen LogP contribution in [0.3, 0.4) is 0 Å². The van der Waals surface area contributed by atoms with Crippen molar-refractivity contribution >= 4 is 17.3 Å². The molecule has 2 rings (SSSR count). The van der Waals surface area contributed by atoms with Crippen molar-refractivity contribution in [3.8, 4) is 0 Å². The van der Waals surface area contributed by atoms with Gasteiger partial charge in [0.2, 0.25) is 0 Å². The summed E-state index contributed by atoms with van der Waals surface area (Å²) in [6.07, 6.45) is 4.74. The van der Waals surface area contributed by atoms with Crippen LogP contribution in [0.4, 0.5) is 11.4 Å². The van der Waals surface area contributed by atoms with Crippen LogP contribution in [0.15, 0.2) is 18.2 Å². The Morgan fingerprint density at radius 1 is 1.43 bits per heavy atom. The second-order valence-electron chi connectivity index (χ2n) is 5.69. The first kappa shape index (κ1) is 15.3. The Morgan fingerprint density at radius 2 is 2.14 bits per heavy atom. The van der Waals surface area contributed by atoms with E-state index in [1.54, 1.807) is 0 Å². The number of carboxylic acids is 1. The first-order valence-corrected chi connectivity index (χ1v) is 7.24. The average molecular weight is 292 g/mol. The van der Waals surface area contributed by atoms with E-state index in [1.165, 1.54) is 37.5 Å². The molecule has 1 saturated carbocycles. The number of nitro groups is 1. The molecule has 6 heteroatoms. The highest BCUT2D eigenvalue weighted by Crippen LogP contribution is 2.30. The number of carbonyl (C=O) groups is 1. The van der Waals surface area contributed by atoms with Crippen molar-refractivity contribution in [2.45, 2.75) is 32.6 Å². The van der Waals surface area contributed by atoms with Crippen LogP contribution < -0.4 is 5.32 Å². The summed E-state index contributed by atoms with van der Waals surface area (Å²) in [5, 5.41) is 23.1. The molecule has 0 aromatic heterocycles. The number of non-ortho nitro benzene ring substituents is 1. The first-order chi connectivity index (χ1) is 9.99. The summed E-state index contributed by atoms with van der Waals surface area (Å²) in [5.41, 5.74) is 0.303. The van der Waals surface area contributed by atoms with E-state index < -0.39 is 10.9 Å². The normalized spacial score (nSPS) is 21.8. The van der Waals surface area contributed by atoms with Gasteiger partial charge >= 0.3 is 5.97 Å². The van der Waals surface area contributed by atoms with Crippen LogP contribution in [-0.4, -0.2) is 22.5 Å². The van der Waals surface area contributed by atoms with Crippen molar-refractivity contribution in [2.75, 3.05) is 11.9 Å². The fourth-order valence-corrected chi connectivity index (χ4v) is 2.92. The zero-order valence-corrected chi connectivity index (χ0v) is 12.0. The van der Waals surface area contributed by atoms with E-state index in [0.717, 1.165) is 6.42 Å². The molecule has 1 aliphatic carbocycles. The van der Waals surface area contributed by atoms with Gasteiger partial charge in [-0.1, -0.05) is 26.2 Å². The lowest BCUT2D eigenvalue weighted by Gasteiger charge is -2.29. The summed E-state index contributed by atoms with van der Waals surface area (Å²) < 4.78 is 0. The number of benzene rings is 1. The number of nitrogens with zero attached hydrogens (tertiary/aromatic N) is 1. The summed E-state index contributed by atoms with van der Waals surface area (Å²) in [7, 11) is 0. The van der Waals surface area contributed by atoms with Gasteiger partial charge < -0.3 is 10.4 Å². The van der Waals surface area contributed by atoms with Gasteiger partial charge in [-0.05, 0) is 24.3 Å². The van der Waals surface area contributed by atoms with Crippen molar-refractivity contribution in [3.05, 3.63) is 33.9 Å². The third-order valence-corrected chi connectivity index (χ3v) is 4.29. The van der Waals surface area contributed by atoms with Crippen LogP contribution in [0.25, 0.3) is 0 Å². The van der Waals surface area contributed by atoms with Crippen LogP contribution in [0, 0.1) is 22.0 Å². The van der Waals surface area contributed by atoms with Crippen molar-refractivity contribution < 1.29 is 14.8 Å². The summed E-state index contributed by atoms with van der Waals surface area (Å²) in [4.78, 5) is 21.5. The second-order valence-corrected chi connectivity index (χ2v) is 5.69. The van der Waals surface area contributed by atoms with Gasteiger partial charge in [-0.15, -0.1) is 0 Å². The maximum absolute atomic E-state index is 11.2. The summed E-state index contributed by atoms with van der Waals surface area (Å²) >= 11 is 0. The number of anilines is 1. The smallest absolute Gasteiger partial charge is 0.337 e. The number of hydrogen-bond acceptors (Lipinski definition) is 4. The maximum atomic E-state index is 11.2. The molecule has 21 heavy (non-hydrogen) atoms. The largest absolute Gasteiger partial charge is 0.478 e. The lowest BCUT2D eigenvalue weighted by Crippen LogP contribution is -2.25. The van der Waals surface area contributed by atoms with Crippen LogP contribution >= 0.6 is 0 Å². The Kier molecular flexibility index (Phi) is 4.77. The van der Waals surface area contributed by atoms with E-state index in [1.807, 2.05) is 0 Å². The standard InChI is InChI=1S/C15H20N2O4/c1-10-4-2-3-5-11(10)9-16-14-8-12(17(20)21)6-7-13(14)15(18)19/h6-8,10-11,16H,2-5,9H2,1H3,(H,18,19). The van der Waals surface area contributed by atoms with E-state index in [9.17, 15) is 20.0 Å². The van der Waals surface area contributed by atoms with Crippen molar-refractivity contribution in [3.63, 3.8) is 0 Å². The third-order valence-electron chi connectivity index (χ3n) is 4.29. The molecule has 0 spiro atoms. The van der Waals surface area contributed by atoms with E-state index in [2.05, 4.69) is 12.2 Å². The van der Waals surface area contributed by atoms with Gasteiger partial charge in [0.1, 0.15) is 0 Å². The molecule has 6 nitrogen and oxygen atoms in total. The minimum absolute atomic E-state index is 0.0732. The SMILES string of the molecule is CC1CCCCC1CNc1cc([N+](=O)[O-])ccc1C(=O)O. The van der Waals surface area contributed by atoms with Gasteiger partial charge in [0.15, 0.2) is 0 Å². The molecule has 1 aliphatic rings. The van der Waals surface area contributed by atoms with Gasteiger partial charge in [0.05, 0.1) is 16.2 Å². The number of nitro benzene ring substituents is 1. The number of carboxylic acid groups (broad SMARTS) is 1. The summed E-state index contributed by atoms with van der Waals surface area (Å²) in [6, 6.07) is 3.81. The molecule has 0 radical (unpaired) electrons. The quantitative estimate of drug-likeness (QED) is 0.639. The minimum atomic E-state index is -1.08. The lowest BCUT2D eigenvalue weighted by atomic mass is 9.80. The van der Waals surface area contributed by atoms with Crippen LogP contribution in [0.5, 0.6) is 0 Å². The van der Waals surface area contributed by atoms with Crippen LogP contribution in [0.2, 0.25) is 0 Å². The highest BCUT2D eigenvalue weighted by Gasteiger charge is 2.22. The molecular formula is C15H20N2O4. The molecule has 2 N–H and O–H groups in total. The van der Waals surface area contributed by atoms with Crippen molar-refractivity contribution in [2.24, 2.45) is 11.8 Å². The molecule has 1 aromatic carbocycles. The molecule has 2 atom stereocenters. The van der Waals surface area contributed by atoms with E-state index in [-0.39, 0.29) is 11.3 Å². The van der Waals surface area contributed by atoms with Crippen LogP contribution in [-0.2, 0) is 0 Å². The molecule has 0 bridgehead atoms. The topological polar surface area (TPSA) is 92.5 Å². The number of rotatable bonds is 5. The highest BCUT2D eigenvalue weighted by atomic mass is 16.6. The first-order valence-electron chi connectivity index (χ1n) is 7.24. The predicted molar refractivity (Wildman–Crippen MR) is 79.7 cm³/mol. The monoisotopic (exact) mass is 292 g/mol. The molecule has 2 unspecified atom stereocenters. The van der Waals surface area contributed by atoms with Gasteiger partial charge in [0, 0.05) is 18.7 Å². The number of aromatic carboxylic acids is 1. The van der Waals surface area contributed by atoms with Crippen LogP contribution in [0.1, 0.15) is 43.0 Å². The van der Waals surface area contributed by atoms with E-state index in [4.69, 9.17) is 0 Å². The number of nitrogens with one attached hydrogen (secondary N) is 1. The van der Waals surface area contributed by atoms with Gasteiger partial charge in [-0.2, -0.15) is 0 Å². The maximum Gasteiger partial charge on any atom is 0.337 e. The van der Waals surface area contributed by atoms with Gasteiger partial charge in [0.25, 0.3) is 5.69 Å². The Hall–Kier alpha value is -2.11. The molecule has 1 fully saturated rings. The highest BCUT2D eigenvalue weighted by molar-refractivity contribution is 5.94. The lowest BCUT2D eigenvalue weighted by molar-refractivity contribution is -0.384. The zero-order chi connectivity index (χ0) is 15.4. The molecule has 0 saturated heterocycles. The van der Waals surface area contributed by atoms with E-state index in [0.29, 0.717) is 24.1 Å². The average Bonchev–Trinajstić information content (AvgIpc) is 2.46. The molecule has 0 amide bonds. The number of hydrogen-bond donors (Lipinski definition) is 2. The van der Waals surface area contributed by atoms with Crippen molar-refractivity contribution in [1.82, 2.24) is 0 Å². The van der Waals surface area contributed by atoms with Gasteiger partial charge in [-0.3, -0.25) is 10.1 Å². The molecule has 0 heterocycles. The molecule has 114 valence electrons. The predicted octanol–water partition coefficient (Wildman–Crippen LogP) is 3.53. The Balaban J connectivity index is 2.14. The van der Waals surface area contributed by atoms with Crippen molar-refractivity contribution in [1.29, 1.82) is 0 Å². The Morgan fingerprint density at radius 3 is 2.76 bits per heavy atom. The second kappa shape index (κ2) is 6.56. The fraction of sp³-hybridized carbons (Fsp3) is 0.533.